The minimum absolute atomic E-state index is 0.116. The first-order chi connectivity index (χ1) is 10.7. The van der Waals surface area contributed by atoms with Crippen LogP contribution in [0.25, 0.3) is 0 Å². The molecule has 1 aromatic rings. The van der Waals surface area contributed by atoms with E-state index in [-0.39, 0.29) is 18.4 Å². The lowest BCUT2D eigenvalue weighted by atomic mass is 10.0. The van der Waals surface area contributed by atoms with E-state index >= 15 is 0 Å². The molecule has 1 aromatic carbocycles. The molecule has 0 unspecified atom stereocenters. The van der Waals surface area contributed by atoms with Crippen molar-refractivity contribution >= 4 is 11.8 Å². The number of ether oxygens (including phenoxy) is 1. The Bertz CT molecular complexity index is 493. The molecule has 2 N–H and O–H groups in total. The topological polar surface area (TPSA) is 67.4 Å². The summed E-state index contributed by atoms with van der Waals surface area (Å²) in [5.41, 5.74) is 6.05. The van der Waals surface area contributed by atoms with Crippen LogP contribution in [0.2, 0.25) is 0 Å². The second-order valence-electron chi connectivity index (χ2n) is 5.74. The third-order valence-corrected chi connectivity index (χ3v) is 3.99. The maximum absolute atomic E-state index is 11.7. The highest BCUT2D eigenvalue weighted by molar-refractivity contribution is 5.82. The van der Waals surface area contributed by atoms with Crippen molar-refractivity contribution in [2.24, 2.45) is 5.92 Å². The van der Waals surface area contributed by atoms with Crippen LogP contribution in [-0.4, -0.2) is 18.4 Å². The van der Waals surface area contributed by atoms with Crippen molar-refractivity contribution < 1.29 is 14.3 Å². The Morgan fingerprint density at radius 2 is 1.73 bits per heavy atom. The second-order valence-corrected chi connectivity index (χ2v) is 5.74. The van der Waals surface area contributed by atoms with Crippen molar-refractivity contribution in [1.29, 1.82) is 0 Å². The van der Waals surface area contributed by atoms with Crippen LogP contribution in [0.1, 0.15) is 44.6 Å². The molecule has 5 nitrogen and oxygen atoms in total. The molecule has 0 heterocycles. The van der Waals surface area contributed by atoms with E-state index in [0.717, 1.165) is 19.3 Å². The summed E-state index contributed by atoms with van der Waals surface area (Å²) in [4.78, 5) is 23.3. The van der Waals surface area contributed by atoms with Gasteiger partial charge in [-0.25, -0.2) is 0 Å². The molecule has 120 valence electrons. The quantitative estimate of drug-likeness (QED) is 0.793. The smallest absolute Gasteiger partial charge is 0.276 e. The number of nitrogens with one attached hydrogen (secondary N) is 2. The van der Waals surface area contributed by atoms with Crippen LogP contribution >= 0.6 is 0 Å². The molecule has 0 radical (unpaired) electrons. The van der Waals surface area contributed by atoms with Gasteiger partial charge < -0.3 is 4.74 Å². The van der Waals surface area contributed by atoms with Crippen molar-refractivity contribution in [2.45, 2.75) is 45.4 Å². The fraction of sp³-hybridized carbons (Fsp3) is 0.529. The largest absolute Gasteiger partial charge is 0.484 e. The molecule has 1 fully saturated rings. The zero-order chi connectivity index (χ0) is 15.8. The number of hydrogen-bond acceptors (Lipinski definition) is 3. The molecule has 1 saturated carbocycles. The number of carbonyl (C=O) groups excluding carboxylic acids is 2. The Morgan fingerprint density at radius 3 is 2.36 bits per heavy atom. The van der Waals surface area contributed by atoms with E-state index in [9.17, 15) is 9.59 Å². The molecule has 5 heteroatoms. The predicted octanol–water partition coefficient (Wildman–Crippen LogP) is 2.36. The Morgan fingerprint density at radius 1 is 1.09 bits per heavy atom. The summed E-state index contributed by atoms with van der Waals surface area (Å²) in [6.45, 7) is 1.97. The maximum Gasteiger partial charge on any atom is 0.276 e. The van der Waals surface area contributed by atoms with Gasteiger partial charge in [0.15, 0.2) is 6.61 Å². The van der Waals surface area contributed by atoms with Crippen LogP contribution in [0.4, 0.5) is 0 Å². The van der Waals surface area contributed by atoms with Crippen LogP contribution in [0.5, 0.6) is 5.75 Å². The monoisotopic (exact) mass is 304 g/mol. The third-order valence-electron chi connectivity index (χ3n) is 3.99. The van der Waals surface area contributed by atoms with Crippen LogP contribution in [0.3, 0.4) is 0 Å². The summed E-state index contributed by atoms with van der Waals surface area (Å²) in [5, 5.41) is 0. The van der Waals surface area contributed by atoms with Gasteiger partial charge in [-0.1, -0.05) is 31.9 Å². The average Bonchev–Trinajstić information content (AvgIpc) is 3.04. The highest BCUT2D eigenvalue weighted by atomic mass is 16.5. The lowest BCUT2D eigenvalue weighted by molar-refractivity contribution is -0.130. The van der Waals surface area contributed by atoms with E-state index in [2.05, 4.69) is 17.8 Å². The van der Waals surface area contributed by atoms with Gasteiger partial charge in [0.05, 0.1) is 0 Å². The minimum atomic E-state index is -0.362. The molecule has 2 rings (SSSR count). The Balaban J connectivity index is 1.63. The number of hydrogen-bond donors (Lipinski definition) is 2. The van der Waals surface area contributed by atoms with E-state index in [1.54, 1.807) is 0 Å². The van der Waals surface area contributed by atoms with Crippen molar-refractivity contribution in [3.8, 4) is 5.75 Å². The van der Waals surface area contributed by atoms with Crippen molar-refractivity contribution in [2.75, 3.05) is 6.61 Å². The first kappa shape index (κ1) is 16.3. The molecule has 0 aliphatic heterocycles. The summed E-state index contributed by atoms with van der Waals surface area (Å²) in [5.74, 6) is 0.613. The fourth-order valence-corrected chi connectivity index (χ4v) is 2.67. The van der Waals surface area contributed by atoms with E-state index in [1.165, 1.54) is 18.4 Å². The molecular formula is C17H24N2O3. The predicted molar refractivity (Wildman–Crippen MR) is 84.2 cm³/mol. The van der Waals surface area contributed by atoms with Gasteiger partial charge >= 0.3 is 0 Å². The average molecular weight is 304 g/mol. The van der Waals surface area contributed by atoms with Gasteiger partial charge in [0, 0.05) is 6.42 Å². The van der Waals surface area contributed by atoms with Crippen molar-refractivity contribution in [1.82, 2.24) is 10.9 Å². The van der Waals surface area contributed by atoms with E-state index < -0.39 is 0 Å². The summed E-state index contributed by atoms with van der Waals surface area (Å²) >= 11 is 0. The molecule has 22 heavy (non-hydrogen) atoms. The van der Waals surface area contributed by atoms with Gasteiger partial charge in [-0.3, -0.25) is 20.4 Å². The molecule has 0 spiro atoms. The van der Waals surface area contributed by atoms with Crippen molar-refractivity contribution in [3.05, 3.63) is 29.8 Å². The van der Waals surface area contributed by atoms with Crippen molar-refractivity contribution in [3.63, 3.8) is 0 Å². The van der Waals surface area contributed by atoms with Crippen LogP contribution < -0.4 is 15.6 Å². The number of aryl methyl sites for hydroxylation is 1. The molecule has 0 atom stereocenters. The number of carbonyl (C=O) groups is 2. The van der Waals surface area contributed by atoms with Gasteiger partial charge in [-0.05, 0) is 42.9 Å². The molecule has 0 aromatic heterocycles. The summed E-state index contributed by atoms with van der Waals surface area (Å²) in [6.07, 6.45) is 6.08. The standard InChI is InChI=1S/C17H24N2O3/c1-2-13-7-9-15(10-8-13)22-12-17(21)19-18-16(20)11-14-5-3-4-6-14/h7-10,14H,2-6,11-12H2,1H3,(H,18,20)(H,19,21). The molecule has 0 saturated heterocycles. The fourth-order valence-electron chi connectivity index (χ4n) is 2.67. The normalized spacial score (nSPS) is 14.6. The molecule has 0 bridgehead atoms. The summed E-state index contributed by atoms with van der Waals surface area (Å²) in [7, 11) is 0. The summed E-state index contributed by atoms with van der Waals surface area (Å²) < 4.78 is 5.37. The molecular weight excluding hydrogens is 280 g/mol. The molecule has 1 aliphatic rings. The minimum Gasteiger partial charge on any atom is -0.484 e. The number of hydrazine groups is 1. The third kappa shape index (κ3) is 5.39. The van der Waals surface area contributed by atoms with Crippen LogP contribution in [0, 0.1) is 5.92 Å². The zero-order valence-corrected chi connectivity index (χ0v) is 13.1. The van der Waals surface area contributed by atoms with Gasteiger partial charge in [-0.15, -0.1) is 0 Å². The summed E-state index contributed by atoms with van der Waals surface area (Å²) in [6, 6.07) is 7.61. The highest BCUT2D eigenvalue weighted by Gasteiger charge is 2.18. The van der Waals surface area contributed by atoms with E-state index in [1.807, 2.05) is 24.3 Å². The molecule has 2 amide bonds. The Kier molecular flexibility index (Phi) is 6.25. The van der Waals surface area contributed by atoms with E-state index in [0.29, 0.717) is 18.1 Å². The first-order valence-corrected chi connectivity index (χ1v) is 7.96. The Labute approximate surface area is 131 Å². The lowest BCUT2D eigenvalue weighted by Crippen LogP contribution is -2.44. The van der Waals surface area contributed by atoms with Gasteiger partial charge in [0.2, 0.25) is 5.91 Å². The number of rotatable bonds is 6. The van der Waals surface area contributed by atoms with Crippen LogP contribution in [0.15, 0.2) is 24.3 Å². The van der Waals surface area contributed by atoms with Gasteiger partial charge in [0.1, 0.15) is 5.75 Å². The zero-order valence-electron chi connectivity index (χ0n) is 13.1. The highest BCUT2D eigenvalue weighted by Crippen LogP contribution is 2.27. The Hall–Kier alpha value is -2.04. The first-order valence-electron chi connectivity index (χ1n) is 7.96. The van der Waals surface area contributed by atoms with Crippen LogP contribution in [-0.2, 0) is 16.0 Å². The number of benzene rings is 1. The van der Waals surface area contributed by atoms with Gasteiger partial charge in [0.25, 0.3) is 5.91 Å². The SMILES string of the molecule is CCc1ccc(OCC(=O)NNC(=O)CC2CCCC2)cc1. The number of amides is 2. The second kappa shape index (κ2) is 8.41. The van der Waals surface area contributed by atoms with Gasteiger partial charge in [-0.2, -0.15) is 0 Å². The maximum atomic E-state index is 11.7. The molecule has 1 aliphatic carbocycles. The van der Waals surface area contributed by atoms with E-state index in [4.69, 9.17) is 4.74 Å². The lowest BCUT2D eigenvalue weighted by Gasteiger charge is -2.11.